The Morgan fingerprint density at radius 2 is 2.13 bits per heavy atom. The van der Waals surface area contributed by atoms with Crippen molar-refractivity contribution < 1.29 is 4.74 Å². The number of nitrogens with one attached hydrogen (secondary N) is 1. The van der Waals surface area contributed by atoms with Gasteiger partial charge in [-0.2, -0.15) is 0 Å². The number of hydrogen-bond donors (Lipinski definition) is 1. The molecule has 15 heavy (non-hydrogen) atoms. The largest absolute Gasteiger partial charge is 0.489 e. The summed E-state index contributed by atoms with van der Waals surface area (Å²) in [5.41, 5.74) is 1.22. The molecule has 1 aromatic carbocycles. The van der Waals surface area contributed by atoms with E-state index in [2.05, 4.69) is 26.1 Å². The Balaban J connectivity index is 2.24. The van der Waals surface area contributed by atoms with Crippen LogP contribution in [-0.2, 0) is 0 Å². The number of benzene rings is 1. The molecule has 82 valence electrons. The first-order valence-electron chi connectivity index (χ1n) is 5.16. The van der Waals surface area contributed by atoms with Gasteiger partial charge in [0.05, 0.1) is 11.7 Å². The van der Waals surface area contributed by atoms with Crippen LogP contribution in [0.15, 0.2) is 18.2 Å². The van der Waals surface area contributed by atoms with Gasteiger partial charge in [0.25, 0.3) is 0 Å². The highest BCUT2D eigenvalue weighted by Crippen LogP contribution is 2.35. The monoisotopic (exact) mass is 225 g/mol. The summed E-state index contributed by atoms with van der Waals surface area (Å²) in [6.07, 6.45) is 0. The van der Waals surface area contributed by atoms with Gasteiger partial charge in [-0.1, -0.05) is 32.4 Å². The van der Waals surface area contributed by atoms with Gasteiger partial charge in [0.15, 0.2) is 0 Å². The van der Waals surface area contributed by atoms with Crippen LogP contribution >= 0.6 is 11.6 Å². The van der Waals surface area contributed by atoms with Gasteiger partial charge in [-0.15, -0.1) is 0 Å². The lowest BCUT2D eigenvalue weighted by atomic mass is 9.86. The summed E-state index contributed by atoms with van der Waals surface area (Å²) in [5.74, 6) is 0.850. The molecule has 1 unspecified atom stereocenters. The molecule has 1 atom stereocenters. The third-order valence-corrected chi connectivity index (χ3v) is 2.96. The highest BCUT2D eigenvalue weighted by Gasteiger charge is 2.29. The molecule has 1 aliphatic heterocycles. The number of hydrogen-bond acceptors (Lipinski definition) is 2. The summed E-state index contributed by atoms with van der Waals surface area (Å²) in [4.78, 5) is 0. The minimum absolute atomic E-state index is 0.192. The van der Waals surface area contributed by atoms with Crippen molar-refractivity contribution in [1.82, 2.24) is 0 Å². The van der Waals surface area contributed by atoms with Gasteiger partial charge in [0.2, 0.25) is 0 Å². The summed E-state index contributed by atoms with van der Waals surface area (Å²) in [6.45, 7) is 7.30. The number of fused-ring (bicyclic) bond motifs is 1. The zero-order valence-corrected chi connectivity index (χ0v) is 10.1. The van der Waals surface area contributed by atoms with E-state index in [-0.39, 0.29) is 5.41 Å². The molecule has 2 nitrogen and oxygen atoms in total. The molecule has 2 rings (SSSR count). The van der Waals surface area contributed by atoms with Crippen molar-refractivity contribution in [1.29, 1.82) is 0 Å². The smallest absolute Gasteiger partial charge is 0.143 e. The predicted molar refractivity (Wildman–Crippen MR) is 63.8 cm³/mol. The Kier molecular flexibility index (Phi) is 2.55. The minimum Gasteiger partial charge on any atom is -0.489 e. The molecular weight excluding hydrogens is 210 g/mol. The summed E-state index contributed by atoms with van der Waals surface area (Å²) in [7, 11) is 0. The van der Waals surface area contributed by atoms with E-state index in [1.165, 1.54) is 0 Å². The summed E-state index contributed by atoms with van der Waals surface area (Å²) in [6, 6.07) is 6.03. The lowest BCUT2D eigenvalue weighted by Crippen LogP contribution is -2.41. The molecule has 0 aromatic heterocycles. The zero-order chi connectivity index (χ0) is 11.1. The van der Waals surface area contributed by atoms with E-state index in [0.717, 1.165) is 11.4 Å². The van der Waals surface area contributed by atoms with Crippen molar-refractivity contribution >= 4 is 17.3 Å². The van der Waals surface area contributed by atoms with Crippen LogP contribution in [0, 0.1) is 5.41 Å². The molecule has 0 fully saturated rings. The standard InChI is InChI=1S/C12H16ClNO/c1-12(2,3)11-7-15-10-6-8(13)4-5-9(10)14-11/h4-6,11,14H,7H2,1-3H3. The van der Waals surface area contributed by atoms with E-state index < -0.39 is 0 Å². The number of halogens is 1. The summed E-state index contributed by atoms with van der Waals surface area (Å²) in [5, 5.41) is 4.19. The average Bonchev–Trinajstić information content (AvgIpc) is 2.15. The fourth-order valence-corrected chi connectivity index (χ4v) is 1.77. The van der Waals surface area contributed by atoms with Gasteiger partial charge in [-0.3, -0.25) is 0 Å². The van der Waals surface area contributed by atoms with Crippen LogP contribution in [0.25, 0.3) is 0 Å². The van der Waals surface area contributed by atoms with E-state index in [9.17, 15) is 0 Å². The Labute approximate surface area is 95.6 Å². The summed E-state index contributed by atoms with van der Waals surface area (Å²) < 4.78 is 5.70. The van der Waals surface area contributed by atoms with Crippen LogP contribution in [-0.4, -0.2) is 12.6 Å². The maximum absolute atomic E-state index is 5.90. The van der Waals surface area contributed by atoms with E-state index >= 15 is 0 Å². The van der Waals surface area contributed by atoms with Crippen molar-refractivity contribution in [2.24, 2.45) is 5.41 Å². The van der Waals surface area contributed by atoms with Gasteiger partial charge in [-0.25, -0.2) is 0 Å². The maximum atomic E-state index is 5.90. The summed E-state index contributed by atoms with van der Waals surface area (Å²) >= 11 is 5.90. The molecule has 0 bridgehead atoms. The number of anilines is 1. The Hall–Kier alpha value is -0.890. The zero-order valence-electron chi connectivity index (χ0n) is 9.30. The third kappa shape index (κ3) is 2.20. The quantitative estimate of drug-likeness (QED) is 0.729. The van der Waals surface area contributed by atoms with E-state index in [1.807, 2.05) is 18.2 Å². The van der Waals surface area contributed by atoms with Crippen LogP contribution in [0.4, 0.5) is 5.69 Å². The van der Waals surface area contributed by atoms with Gasteiger partial charge >= 0.3 is 0 Å². The molecule has 0 saturated heterocycles. The Morgan fingerprint density at radius 3 is 2.80 bits per heavy atom. The van der Waals surface area contributed by atoms with Crippen LogP contribution in [0.5, 0.6) is 5.75 Å². The van der Waals surface area contributed by atoms with Crippen LogP contribution in [0.3, 0.4) is 0 Å². The Morgan fingerprint density at radius 1 is 1.40 bits per heavy atom. The molecule has 1 heterocycles. The second-order valence-electron chi connectivity index (χ2n) is 5.01. The molecule has 1 N–H and O–H groups in total. The Bertz CT molecular complexity index is 370. The first kappa shape index (κ1) is 10.6. The SMILES string of the molecule is CC(C)(C)C1COc2cc(Cl)ccc2N1. The average molecular weight is 226 g/mol. The fraction of sp³-hybridized carbons (Fsp3) is 0.500. The molecule has 0 amide bonds. The first-order chi connectivity index (χ1) is 6.97. The normalized spacial score (nSPS) is 20.1. The van der Waals surface area contributed by atoms with Gasteiger partial charge in [-0.05, 0) is 17.5 Å². The number of ether oxygens (including phenoxy) is 1. The second kappa shape index (κ2) is 3.60. The van der Waals surface area contributed by atoms with Gasteiger partial charge in [0, 0.05) is 11.1 Å². The van der Waals surface area contributed by atoms with E-state index in [4.69, 9.17) is 16.3 Å². The first-order valence-corrected chi connectivity index (χ1v) is 5.53. The molecule has 1 aliphatic rings. The van der Waals surface area contributed by atoms with Gasteiger partial charge in [0.1, 0.15) is 12.4 Å². The highest BCUT2D eigenvalue weighted by molar-refractivity contribution is 6.30. The molecule has 0 aliphatic carbocycles. The molecule has 0 spiro atoms. The van der Waals surface area contributed by atoms with Crippen molar-refractivity contribution in [2.45, 2.75) is 26.8 Å². The molecule has 3 heteroatoms. The third-order valence-electron chi connectivity index (χ3n) is 2.72. The highest BCUT2D eigenvalue weighted by atomic mass is 35.5. The molecule has 1 aromatic rings. The lowest BCUT2D eigenvalue weighted by molar-refractivity contribution is 0.207. The number of rotatable bonds is 0. The minimum atomic E-state index is 0.192. The van der Waals surface area contributed by atoms with E-state index in [0.29, 0.717) is 17.7 Å². The van der Waals surface area contributed by atoms with Crippen molar-refractivity contribution in [3.8, 4) is 5.75 Å². The molecule has 0 radical (unpaired) electrons. The molecular formula is C12H16ClNO. The second-order valence-corrected chi connectivity index (χ2v) is 5.45. The lowest BCUT2D eigenvalue weighted by Gasteiger charge is -2.36. The van der Waals surface area contributed by atoms with Crippen molar-refractivity contribution in [3.05, 3.63) is 23.2 Å². The van der Waals surface area contributed by atoms with Crippen LogP contribution in [0.2, 0.25) is 5.02 Å². The fourth-order valence-electron chi connectivity index (χ4n) is 1.60. The van der Waals surface area contributed by atoms with Gasteiger partial charge < -0.3 is 10.1 Å². The predicted octanol–water partition coefficient (Wildman–Crippen LogP) is 3.56. The van der Waals surface area contributed by atoms with Crippen LogP contribution < -0.4 is 10.1 Å². The topological polar surface area (TPSA) is 21.3 Å². The van der Waals surface area contributed by atoms with Crippen molar-refractivity contribution in [3.63, 3.8) is 0 Å². The maximum Gasteiger partial charge on any atom is 0.143 e. The van der Waals surface area contributed by atoms with Crippen LogP contribution in [0.1, 0.15) is 20.8 Å². The molecule has 0 saturated carbocycles. The van der Waals surface area contributed by atoms with Crippen molar-refractivity contribution in [2.75, 3.05) is 11.9 Å². The van der Waals surface area contributed by atoms with E-state index in [1.54, 1.807) is 0 Å².